The summed E-state index contributed by atoms with van der Waals surface area (Å²) in [5, 5.41) is 2.83. The van der Waals surface area contributed by atoms with Gasteiger partial charge in [0.25, 0.3) is 0 Å². The fourth-order valence-corrected chi connectivity index (χ4v) is 1.52. The molecule has 0 aliphatic carbocycles. The Balaban J connectivity index is 2.03. The van der Waals surface area contributed by atoms with Crippen LogP contribution in [0.25, 0.3) is 0 Å². The van der Waals surface area contributed by atoms with E-state index in [2.05, 4.69) is 5.32 Å². The zero-order chi connectivity index (χ0) is 7.73. The number of rotatable bonds is 0. The van der Waals surface area contributed by atoms with Gasteiger partial charge in [0.05, 0.1) is 5.54 Å². The number of hydrogen-bond acceptors (Lipinski definition) is 3. The van der Waals surface area contributed by atoms with E-state index in [1.165, 1.54) is 0 Å². The molecule has 11 heavy (non-hydrogen) atoms. The third-order valence-corrected chi connectivity index (χ3v) is 2.30. The number of carbonyl (C=O) groups excluding carboxylic acids is 1. The highest BCUT2D eigenvalue weighted by Crippen LogP contribution is 2.24. The number of amides is 1. The van der Waals surface area contributed by atoms with E-state index >= 15 is 0 Å². The summed E-state index contributed by atoms with van der Waals surface area (Å²) in [7, 11) is 0. The number of ether oxygens (including phenoxy) is 2. The Morgan fingerprint density at radius 3 is 2.64 bits per heavy atom. The fraction of sp³-hybridized carbons (Fsp3) is 0.857. The van der Waals surface area contributed by atoms with Gasteiger partial charge in [-0.05, 0) is 12.8 Å². The lowest BCUT2D eigenvalue weighted by atomic mass is 9.92. The molecule has 2 aliphatic heterocycles. The topological polar surface area (TPSA) is 47.6 Å². The van der Waals surface area contributed by atoms with Crippen molar-refractivity contribution in [3.63, 3.8) is 0 Å². The Labute approximate surface area is 64.9 Å². The lowest BCUT2D eigenvalue weighted by molar-refractivity contribution is 0.0408. The fourth-order valence-electron chi connectivity index (χ4n) is 1.52. The summed E-state index contributed by atoms with van der Waals surface area (Å²) in [4.78, 5) is 10.7. The van der Waals surface area contributed by atoms with Crippen LogP contribution in [0.4, 0.5) is 4.79 Å². The molecule has 1 amide bonds. The largest absolute Gasteiger partial charge is 0.447 e. The molecule has 1 N–H and O–H groups in total. The molecule has 0 saturated carbocycles. The summed E-state index contributed by atoms with van der Waals surface area (Å²) in [6.45, 7) is 1.96. The third kappa shape index (κ3) is 1.18. The van der Waals surface area contributed by atoms with Gasteiger partial charge in [0.15, 0.2) is 0 Å². The van der Waals surface area contributed by atoms with E-state index in [-0.39, 0.29) is 11.6 Å². The quantitative estimate of drug-likeness (QED) is 0.549. The van der Waals surface area contributed by atoms with Crippen molar-refractivity contribution in [2.75, 3.05) is 19.8 Å². The third-order valence-electron chi connectivity index (χ3n) is 2.30. The van der Waals surface area contributed by atoms with Crippen molar-refractivity contribution in [3.8, 4) is 0 Å². The lowest BCUT2D eigenvalue weighted by Gasteiger charge is -2.30. The molecule has 2 heterocycles. The van der Waals surface area contributed by atoms with E-state index in [0.717, 1.165) is 26.1 Å². The van der Waals surface area contributed by atoms with Crippen LogP contribution < -0.4 is 5.32 Å². The van der Waals surface area contributed by atoms with E-state index in [4.69, 9.17) is 9.47 Å². The van der Waals surface area contributed by atoms with Crippen LogP contribution in [0.3, 0.4) is 0 Å². The van der Waals surface area contributed by atoms with E-state index in [1.54, 1.807) is 0 Å². The Bertz CT molecular complexity index is 175. The van der Waals surface area contributed by atoms with E-state index in [0.29, 0.717) is 6.61 Å². The highest BCUT2D eigenvalue weighted by atomic mass is 16.6. The number of nitrogens with one attached hydrogen (secondary N) is 1. The standard InChI is InChI=1S/C7H11NO3/c9-6-8-7(5-11-6)1-3-10-4-2-7/h1-5H2,(H,8,9). The molecule has 1 spiro atoms. The molecule has 2 saturated heterocycles. The molecule has 0 aromatic heterocycles. The predicted molar refractivity (Wildman–Crippen MR) is 37.3 cm³/mol. The summed E-state index contributed by atoms with van der Waals surface area (Å²) in [6.07, 6.45) is 1.46. The number of alkyl carbamates (subject to hydrolysis) is 1. The maximum Gasteiger partial charge on any atom is 0.407 e. The first-order valence-corrected chi connectivity index (χ1v) is 3.83. The van der Waals surface area contributed by atoms with Crippen LogP contribution in [0.5, 0.6) is 0 Å². The van der Waals surface area contributed by atoms with Crippen molar-refractivity contribution in [1.29, 1.82) is 0 Å². The molecule has 0 aromatic carbocycles. The Kier molecular flexibility index (Phi) is 1.49. The van der Waals surface area contributed by atoms with Gasteiger partial charge in [0, 0.05) is 13.2 Å². The van der Waals surface area contributed by atoms with Gasteiger partial charge in [-0.25, -0.2) is 4.79 Å². The van der Waals surface area contributed by atoms with E-state index < -0.39 is 0 Å². The maximum absolute atomic E-state index is 10.7. The highest BCUT2D eigenvalue weighted by Gasteiger charge is 2.40. The second-order valence-corrected chi connectivity index (χ2v) is 3.09. The summed E-state index contributed by atoms with van der Waals surface area (Å²) < 4.78 is 10.0. The SMILES string of the molecule is O=C1NC2(CCOCC2)CO1. The molecule has 4 nitrogen and oxygen atoms in total. The highest BCUT2D eigenvalue weighted by molar-refractivity contribution is 5.70. The average Bonchev–Trinajstić information content (AvgIpc) is 2.34. The summed E-state index contributed by atoms with van der Waals surface area (Å²) in [6, 6.07) is 0. The van der Waals surface area contributed by atoms with Gasteiger partial charge < -0.3 is 14.8 Å². The van der Waals surface area contributed by atoms with Gasteiger partial charge in [-0.1, -0.05) is 0 Å². The molecule has 2 rings (SSSR count). The maximum atomic E-state index is 10.7. The van der Waals surface area contributed by atoms with Gasteiger partial charge >= 0.3 is 6.09 Å². The van der Waals surface area contributed by atoms with Crippen molar-refractivity contribution in [1.82, 2.24) is 5.32 Å². The van der Waals surface area contributed by atoms with Gasteiger partial charge in [0.1, 0.15) is 6.61 Å². The van der Waals surface area contributed by atoms with E-state index in [1.807, 2.05) is 0 Å². The minimum absolute atomic E-state index is 0.102. The molecule has 2 fully saturated rings. The summed E-state index contributed by atoms with van der Waals surface area (Å²) in [5.41, 5.74) is -0.102. The molecule has 0 unspecified atom stereocenters. The molecule has 0 atom stereocenters. The molecule has 0 radical (unpaired) electrons. The first-order valence-electron chi connectivity index (χ1n) is 3.83. The van der Waals surface area contributed by atoms with Crippen molar-refractivity contribution < 1.29 is 14.3 Å². The smallest absolute Gasteiger partial charge is 0.407 e. The molecular formula is C7H11NO3. The lowest BCUT2D eigenvalue weighted by Crippen LogP contribution is -2.47. The number of carbonyl (C=O) groups is 1. The molecule has 0 bridgehead atoms. The Morgan fingerprint density at radius 2 is 2.09 bits per heavy atom. The van der Waals surface area contributed by atoms with Gasteiger partial charge in [0.2, 0.25) is 0 Å². The van der Waals surface area contributed by atoms with Crippen LogP contribution >= 0.6 is 0 Å². The second-order valence-electron chi connectivity index (χ2n) is 3.09. The van der Waals surface area contributed by atoms with Gasteiger partial charge in [-0.3, -0.25) is 0 Å². The predicted octanol–water partition coefficient (Wildman–Crippen LogP) is 0.275. The van der Waals surface area contributed by atoms with Crippen molar-refractivity contribution in [2.45, 2.75) is 18.4 Å². The normalized spacial score (nSPS) is 28.2. The molecule has 0 aromatic rings. The summed E-state index contributed by atoms with van der Waals surface area (Å²) >= 11 is 0. The van der Waals surface area contributed by atoms with Crippen LogP contribution in [-0.4, -0.2) is 31.5 Å². The first-order chi connectivity index (χ1) is 5.31. The number of hydrogen-bond donors (Lipinski definition) is 1. The zero-order valence-electron chi connectivity index (χ0n) is 6.26. The van der Waals surface area contributed by atoms with Crippen LogP contribution in [0.15, 0.2) is 0 Å². The Morgan fingerprint density at radius 1 is 1.36 bits per heavy atom. The molecule has 4 heteroatoms. The Hall–Kier alpha value is -0.770. The van der Waals surface area contributed by atoms with Crippen LogP contribution in [0, 0.1) is 0 Å². The van der Waals surface area contributed by atoms with Crippen molar-refractivity contribution in [3.05, 3.63) is 0 Å². The van der Waals surface area contributed by atoms with Crippen LogP contribution in [0.1, 0.15) is 12.8 Å². The van der Waals surface area contributed by atoms with Crippen LogP contribution in [-0.2, 0) is 9.47 Å². The molecule has 62 valence electrons. The van der Waals surface area contributed by atoms with Gasteiger partial charge in [-0.2, -0.15) is 0 Å². The molecular weight excluding hydrogens is 146 g/mol. The summed E-state index contributed by atoms with van der Waals surface area (Å²) in [5.74, 6) is 0. The minimum atomic E-state index is -0.285. The average molecular weight is 157 g/mol. The second kappa shape index (κ2) is 2.37. The van der Waals surface area contributed by atoms with Crippen LogP contribution in [0.2, 0.25) is 0 Å². The minimum Gasteiger partial charge on any atom is -0.447 e. The number of cyclic esters (lactones) is 1. The van der Waals surface area contributed by atoms with Crippen molar-refractivity contribution in [2.24, 2.45) is 0 Å². The molecule has 2 aliphatic rings. The van der Waals surface area contributed by atoms with Crippen molar-refractivity contribution >= 4 is 6.09 Å². The van der Waals surface area contributed by atoms with E-state index in [9.17, 15) is 4.79 Å². The monoisotopic (exact) mass is 157 g/mol. The zero-order valence-corrected chi connectivity index (χ0v) is 6.26. The van der Waals surface area contributed by atoms with Gasteiger partial charge in [-0.15, -0.1) is 0 Å². The first kappa shape index (κ1) is 6.91.